The van der Waals surface area contributed by atoms with Crippen molar-refractivity contribution in [2.45, 2.75) is 72.1 Å². The second kappa shape index (κ2) is 6.28. The highest BCUT2D eigenvalue weighted by Crippen LogP contribution is 2.68. The number of hydrogen-bond donors (Lipinski definition) is 0. The first kappa shape index (κ1) is 18.6. The van der Waals surface area contributed by atoms with E-state index < -0.39 is 0 Å². The molecule has 3 fully saturated rings. The third-order valence-corrected chi connectivity index (χ3v) is 9.65. The minimum Gasteiger partial charge on any atom is -0.294 e. The molecule has 0 unspecified atom stereocenters. The van der Waals surface area contributed by atoms with Crippen molar-refractivity contribution in [2.24, 2.45) is 34.5 Å². The van der Waals surface area contributed by atoms with Gasteiger partial charge in [-0.05, 0) is 111 Å². The molecular weight excluding hydrogens is 347 g/mol. The molecule has 0 bridgehead atoms. The van der Waals surface area contributed by atoms with Crippen molar-refractivity contribution >= 4 is 5.78 Å². The van der Waals surface area contributed by atoms with Crippen molar-refractivity contribution in [1.29, 1.82) is 0 Å². The Morgan fingerprint density at radius 3 is 2.46 bits per heavy atom. The van der Waals surface area contributed by atoms with Crippen LogP contribution in [0.4, 0.5) is 4.39 Å². The number of carbonyl (C=O) groups excluding carboxylic acids is 1. The van der Waals surface area contributed by atoms with E-state index in [1.54, 1.807) is 23.3 Å². The molecule has 28 heavy (non-hydrogen) atoms. The molecule has 0 heterocycles. The first-order valence-electron chi connectivity index (χ1n) is 11.3. The number of carbonyl (C=O) groups is 1. The molecule has 1 nitrogen and oxygen atoms in total. The second-order valence-corrected chi connectivity index (χ2v) is 10.6. The predicted octanol–water partition coefficient (Wildman–Crippen LogP) is 6.98. The molecule has 0 aliphatic heterocycles. The lowest BCUT2D eigenvalue weighted by Crippen LogP contribution is -2.49. The molecule has 0 amide bonds. The van der Waals surface area contributed by atoms with Gasteiger partial charge in [-0.2, -0.15) is 0 Å². The molecule has 0 saturated heterocycles. The Bertz CT molecular complexity index is 836. The molecule has 1 aromatic carbocycles. The zero-order valence-electron chi connectivity index (χ0n) is 17.6. The van der Waals surface area contributed by atoms with E-state index in [1.807, 2.05) is 0 Å². The van der Waals surface area contributed by atoms with E-state index in [-0.39, 0.29) is 22.9 Å². The number of halogens is 1. The van der Waals surface area contributed by atoms with Gasteiger partial charge in [0.15, 0.2) is 5.78 Å². The lowest BCUT2D eigenvalue weighted by Gasteiger charge is -2.56. The van der Waals surface area contributed by atoms with Crippen LogP contribution in [0, 0.1) is 40.3 Å². The fourth-order valence-corrected chi connectivity index (χ4v) is 8.18. The zero-order chi connectivity index (χ0) is 19.7. The average Bonchev–Trinajstić information content (AvgIpc) is 3.18. The van der Waals surface area contributed by atoms with Crippen LogP contribution >= 0.6 is 0 Å². The Kier molecular flexibility index (Phi) is 4.17. The maximum Gasteiger partial charge on any atom is 0.166 e. The molecule has 4 aliphatic rings. The molecule has 3 saturated carbocycles. The quantitative estimate of drug-likeness (QED) is 0.400. The van der Waals surface area contributed by atoms with Crippen LogP contribution < -0.4 is 0 Å². The van der Waals surface area contributed by atoms with E-state index in [9.17, 15) is 9.18 Å². The maximum absolute atomic E-state index is 13.3. The van der Waals surface area contributed by atoms with Crippen LogP contribution in [-0.2, 0) is 0 Å². The SMILES string of the molecule is CC1=C2CC[C@H]3[C@H]4CC[C@@H](C(=O)c5ccc(F)cc5)[C@@]4(C)CC[C@@H]3[C@@]2(C)CC1. The fourth-order valence-electron chi connectivity index (χ4n) is 8.18. The number of benzene rings is 1. The van der Waals surface area contributed by atoms with Crippen LogP contribution in [0.15, 0.2) is 35.4 Å². The molecule has 150 valence electrons. The Morgan fingerprint density at radius 2 is 1.71 bits per heavy atom. The Morgan fingerprint density at radius 1 is 0.964 bits per heavy atom. The molecule has 0 radical (unpaired) electrons. The number of ketones is 1. The van der Waals surface area contributed by atoms with Gasteiger partial charge in [0.1, 0.15) is 5.82 Å². The third kappa shape index (κ3) is 2.45. The topological polar surface area (TPSA) is 17.1 Å². The number of hydrogen-bond acceptors (Lipinski definition) is 1. The van der Waals surface area contributed by atoms with E-state index >= 15 is 0 Å². The summed E-state index contributed by atoms with van der Waals surface area (Å²) in [6.45, 7) is 7.32. The van der Waals surface area contributed by atoms with Gasteiger partial charge in [-0.3, -0.25) is 4.79 Å². The summed E-state index contributed by atoms with van der Waals surface area (Å²) >= 11 is 0. The van der Waals surface area contributed by atoms with E-state index in [0.717, 1.165) is 18.3 Å². The van der Waals surface area contributed by atoms with Gasteiger partial charge in [-0.15, -0.1) is 0 Å². The normalized spacial score (nSPS) is 42.1. The van der Waals surface area contributed by atoms with E-state index in [1.165, 1.54) is 57.1 Å². The van der Waals surface area contributed by atoms with Crippen LogP contribution in [0.3, 0.4) is 0 Å². The van der Waals surface area contributed by atoms with Gasteiger partial charge >= 0.3 is 0 Å². The smallest absolute Gasteiger partial charge is 0.166 e. The summed E-state index contributed by atoms with van der Waals surface area (Å²) in [6, 6.07) is 6.22. The van der Waals surface area contributed by atoms with Crippen LogP contribution in [0.1, 0.15) is 82.5 Å². The molecule has 0 aromatic heterocycles. The summed E-state index contributed by atoms with van der Waals surface area (Å²) in [5.74, 6) is 2.37. The summed E-state index contributed by atoms with van der Waals surface area (Å²) in [7, 11) is 0. The van der Waals surface area contributed by atoms with E-state index in [0.29, 0.717) is 16.9 Å². The van der Waals surface area contributed by atoms with Crippen LogP contribution in [0.2, 0.25) is 0 Å². The Labute approximate surface area is 168 Å². The van der Waals surface area contributed by atoms with Gasteiger partial charge in [0.05, 0.1) is 0 Å². The highest BCUT2D eigenvalue weighted by molar-refractivity contribution is 5.98. The monoisotopic (exact) mass is 380 g/mol. The number of rotatable bonds is 2. The molecule has 5 rings (SSSR count). The largest absolute Gasteiger partial charge is 0.294 e. The standard InChI is InChI=1S/C26H33FO/c1-16-12-14-25(2)20(16)9-8-19-21-10-11-23(26(21,3)15-13-22(19)25)24(28)17-4-6-18(27)7-5-17/h4-7,19,21-23H,8-15H2,1-3H3/t19-,21+,22-,23-,25-,26-/m0/s1. The van der Waals surface area contributed by atoms with Crippen molar-refractivity contribution < 1.29 is 9.18 Å². The van der Waals surface area contributed by atoms with Crippen molar-refractivity contribution in [3.05, 3.63) is 46.8 Å². The molecule has 0 N–H and O–H groups in total. The predicted molar refractivity (Wildman–Crippen MR) is 111 cm³/mol. The highest BCUT2D eigenvalue weighted by atomic mass is 19.1. The van der Waals surface area contributed by atoms with Crippen LogP contribution in [0.5, 0.6) is 0 Å². The van der Waals surface area contributed by atoms with Gasteiger partial charge in [-0.25, -0.2) is 4.39 Å². The van der Waals surface area contributed by atoms with Crippen molar-refractivity contribution in [2.75, 3.05) is 0 Å². The summed E-state index contributed by atoms with van der Waals surface area (Å²) in [4.78, 5) is 13.3. The van der Waals surface area contributed by atoms with Gasteiger partial charge in [-0.1, -0.05) is 25.0 Å². The molecule has 1 aromatic rings. The van der Waals surface area contributed by atoms with Gasteiger partial charge in [0.25, 0.3) is 0 Å². The minimum absolute atomic E-state index is 0.110. The summed E-state index contributed by atoms with van der Waals surface area (Å²) < 4.78 is 13.3. The molecular formula is C26H33FO. The van der Waals surface area contributed by atoms with Crippen molar-refractivity contribution in [3.63, 3.8) is 0 Å². The lowest BCUT2D eigenvalue weighted by atomic mass is 9.48. The maximum atomic E-state index is 13.3. The fraction of sp³-hybridized carbons (Fsp3) is 0.654. The van der Waals surface area contributed by atoms with Gasteiger partial charge < -0.3 is 0 Å². The minimum atomic E-state index is -0.265. The first-order valence-corrected chi connectivity index (χ1v) is 11.3. The van der Waals surface area contributed by atoms with Crippen molar-refractivity contribution in [1.82, 2.24) is 0 Å². The molecule has 0 spiro atoms. The lowest BCUT2D eigenvalue weighted by molar-refractivity contribution is -0.0412. The summed E-state index contributed by atoms with van der Waals surface area (Å²) in [5.41, 5.74) is 4.70. The number of Topliss-reactive ketones (excluding diaryl/α,β-unsaturated/α-hetero) is 1. The highest BCUT2D eigenvalue weighted by Gasteiger charge is 2.60. The summed E-state index contributed by atoms with van der Waals surface area (Å²) in [5, 5.41) is 0. The molecule has 4 aliphatic carbocycles. The Hall–Kier alpha value is -1.44. The number of fused-ring (bicyclic) bond motifs is 5. The zero-order valence-corrected chi connectivity index (χ0v) is 17.6. The Balaban J connectivity index is 1.43. The number of allylic oxidation sites excluding steroid dienone is 2. The summed E-state index contributed by atoms with van der Waals surface area (Å²) in [6.07, 6.45) is 9.91. The van der Waals surface area contributed by atoms with Gasteiger partial charge in [0, 0.05) is 11.5 Å². The van der Waals surface area contributed by atoms with Crippen LogP contribution in [-0.4, -0.2) is 5.78 Å². The first-order chi connectivity index (χ1) is 13.3. The van der Waals surface area contributed by atoms with E-state index in [2.05, 4.69) is 20.8 Å². The molecule has 6 atom stereocenters. The van der Waals surface area contributed by atoms with Crippen molar-refractivity contribution in [3.8, 4) is 0 Å². The van der Waals surface area contributed by atoms with Crippen LogP contribution in [0.25, 0.3) is 0 Å². The van der Waals surface area contributed by atoms with Gasteiger partial charge in [0.2, 0.25) is 0 Å². The van der Waals surface area contributed by atoms with E-state index in [4.69, 9.17) is 0 Å². The average molecular weight is 381 g/mol. The molecule has 2 heteroatoms. The second-order valence-electron chi connectivity index (χ2n) is 10.6. The third-order valence-electron chi connectivity index (χ3n) is 9.65.